The van der Waals surface area contributed by atoms with Crippen molar-refractivity contribution in [3.63, 3.8) is 0 Å². The molecule has 0 aliphatic heterocycles. The van der Waals surface area contributed by atoms with Gasteiger partial charge >= 0.3 is 0 Å². The van der Waals surface area contributed by atoms with Gasteiger partial charge in [-0.2, -0.15) is 8.42 Å². The van der Waals surface area contributed by atoms with Gasteiger partial charge in [-0.15, -0.1) is 0 Å². The van der Waals surface area contributed by atoms with Crippen LogP contribution in [0.3, 0.4) is 0 Å². The summed E-state index contributed by atoms with van der Waals surface area (Å²) in [6, 6.07) is 15.7. The van der Waals surface area contributed by atoms with E-state index in [-0.39, 0.29) is 22.2 Å². The third-order valence-corrected chi connectivity index (χ3v) is 7.45. The summed E-state index contributed by atoms with van der Waals surface area (Å²) in [5.74, 6) is 0.0172. The lowest BCUT2D eigenvalue weighted by Gasteiger charge is -2.06. The lowest BCUT2D eigenvalue weighted by molar-refractivity contribution is 0.341. The van der Waals surface area contributed by atoms with Crippen molar-refractivity contribution in [1.29, 1.82) is 0 Å². The third kappa shape index (κ3) is 4.57. The summed E-state index contributed by atoms with van der Waals surface area (Å²) in [7, 11) is -6.70. The molecule has 0 atom stereocenters. The van der Waals surface area contributed by atoms with Crippen LogP contribution in [-0.2, 0) is 23.2 Å². The van der Waals surface area contributed by atoms with E-state index in [1.807, 2.05) is 0 Å². The molecule has 0 radical (unpaired) electrons. The van der Waals surface area contributed by atoms with Gasteiger partial charge in [0.2, 0.25) is 8.87 Å². The van der Waals surface area contributed by atoms with Crippen molar-refractivity contribution < 1.29 is 21.0 Å². The first-order chi connectivity index (χ1) is 10.4. The number of hydrogen-bond donors (Lipinski definition) is 0. The molecule has 0 bridgehead atoms. The highest BCUT2D eigenvalue weighted by Crippen LogP contribution is 2.23. The molecular weight excluding hydrogens is 344 g/mol. The zero-order valence-corrected chi connectivity index (χ0v) is 13.9. The van der Waals surface area contributed by atoms with Gasteiger partial charge in [-0.25, -0.2) is 8.42 Å². The Morgan fingerprint density at radius 1 is 0.773 bits per heavy atom. The van der Waals surface area contributed by atoms with Gasteiger partial charge in [0.05, 0.1) is 16.4 Å². The summed E-state index contributed by atoms with van der Waals surface area (Å²) in [5, 5.41) is 0. The predicted octanol–water partition coefficient (Wildman–Crippen LogP) is 2.51. The summed E-state index contributed by atoms with van der Waals surface area (Å²) >= 11 is 0. The van der Waals surface area contributed by atoms with E-state index < -0.39 is 19.0 Å². The highest BCUT2D eigenvalue weighted by atomic mass is 33.1. The standard InChI is InChI=1S/C14H14O5S3/c15-21(16,13-7-3-1-4-8-13)19-11-12-20-22(17,18)14-9-5-2-6-10-14/h1-10H,11-12H2. The molecule has 0 aliphatic rings. The molecule has 0 spiro atoms. The van der Waals surface area contributed by atoms with E-state index in [1.165, 1.54) is 24.3 Å². The molecule has 22 heavy (non-hydrogen) atoms. The SMILES string of the molecule is O=S(=O)(OCCSS(=O)(=O)c1ccccc1)c1ccccc1. The molecule has 118 valence electrons. The fourth-order valence-electron chi connectivity index (χ4n) is 1.60. The highest BCUT2D eigenvalue weighted by Gasteiger charge is 2.17. The Bertz CT molecular complexity index is 729. The Hall–Kier alpha value is -1.35. The van der Waals surface area contributed by atoms with Gasteiger partial charge in [-0.3, -0.25) is 4.18 Å². The smallest absolute Gasteiger partial charge is 0.265 e. The number of hydrogen-bond acceptors (Lipinski definition) is 6. The maximum absolute atomic E-state index is 12.0. The van der Waals surface area contributed by atoms with E-state index >= 15 is 0 Å². The topological polar surface area (TPSA) is 77.5 Å². The van der Waals surface area contributed by atoms with Crippen molar-refractivity contribution in [2.45, 2.75) is 9.79 Å². The number of benzene rings is 2. The first-order valence-corrected chi connectivity index (χ1v) is 10.7. The van der Waals surface area contributed by atoms with E-state index in [4.69, 9.17) is 4.18 Å². The molecule has 0 aromatic heterocycles. The molecule has 0 N–H and O–H groups in total. The normalized spacial score (nSPS) is 12.2. The summed E-state index contributed by atoms with van der Waals surface area (Å²) in [6.07, 6.45) is 0. The molecule has 0 fully saturated rings. The second kappa shape index (κ2) is 7.28. The van der Waals surface area contributed by atoms with E-state index in [1.54, 1.807) is 36.4 Å². The Morgan fingerprint density at radius 3 is 1.82 bits per heavy atom. The molecule has 2 aromatic carbocycles. The zero-order chi connectivity index (χ0) is 16.1. The summed E-state index contributed by atoms with van der Waals surface area (Å²) in [6.45, 7) is -0.214. The van der Waals surface area contributed by atoms with Gasteiger partial charge < -0.3 is 0 Å². The molecule has 0 amide bonds. The van der Waals surface area contributed by atoms with Crippen molar-refractivity contribution in [2.24, 2.45) is 0 Å². The molecule has 0 saturated carbocycles. The molecule has 0 aliphatic carbocycles. The van der Waals surface area contributed by atoms with Gasteiger partial charge in [0, 0.05) is 5.75 Å². The lowest BCUT2D eigenvalue weighted by Crippen LogP contribution is -2.10. The quantitative estimate of drug-likeness (QED) is 0.430. The Morgan fingerprint density at radius 2 is 1.27 bits per heavy atom. The van der Waals surface area contributed by atoms with Crippen molar-refractivity contribution in [3.05, 3.63) is 60.7 Å². The minimum atomic E-state index is -3.85. The third-order valence-electron chi connectivity index (χ3n) is 2.62. The molecule has 0 unspecified atom stereocenters. The van der Waals surface area contributed by atoms with Crippen LogP contribution in [0.1, 0.15) is 0 Å². The van der Waals surface area contributed by atoms with Crippen LogP contribution in [0.5, 0.6) is 0 Å². The van der Waals surface area contributed by atoms with Gasteiger partial charge in [0.1, 0.15) is 0 Å². The monoisotopic (exact) mass is 358 g/mol. The molecule has 5 nitrogen and oxygen atoms in total. The summed E-state index contributed by atoms with van der Waals surface area (Å²) in [5.41, 5.74) is 0. The maximum atomic E-state index is 12.0. The van der Waals surface area contributed by atoms with Crippen molar-refractivity contribution in [1.82, 2.24) is 0 Å². The highest BCUT2D eigenvalue weighted by molar-refractivity contribution is 8.72. The first kappa shape index (κ1) is 17.0. The average Bonchev–Trinajstić information content (AvgIpc) is 2.53. The van der Waals surface area contributed by atoms with Crippen LogP contribution >= 0.6 is 10.8 Å². The van der Waals surface area contributed by atoms with Crippen LogP contribution < -0.4 is 0 Å². The largest absolute Gasteiger partial charge is 0.296 e. The fourth-order valence-corrected chi connectivity index (χ4v) is 5.23. The molecule has 2 rings (SSSR count). The first-order valence-electron chi connectivity index (χ1n) is 6.31. The summed E-state index contributed by atoms with van der Waals surface area (Å²) in [4.78, 5) is 0.233. The minimum Gasteiger partial charge on any atom is -0.265 e. The van der Waals surface area contributed by atoms with Crippen molar-refractivity contribution in [2.75, 3.05) is 12.4 Å². The van der Waals surface area contributed by atoms with Crippen LogP contribution in [0.2, 0.25) is 0 Å². The van der Waals surface area contributed by atoms with E-state index in [0.717, 1.165) is 0 Å². The average molecular weight is 358 g/mol. The van der Waals surface area contributed by atoms with Crippen LogP contribution in [0, 0.1) is 0 Å². The zero-order valence-electron chi connectivity index (χ0n) is 11.5. The second-order valence-electron chi connectivity index (χ2n) is 4.18. The van der Waals surface area contributed by atoms with Crippen LogP contribution in [0.15, 0.2) is 70.5 Å². The Balaban J connectivity index is 1.90. The molecule has 8 heteroatoms. The Kier molecular flexibility index (Phi) is 5.63. The van der Waals surface area contributed by atoms with Crippen molar-refractivity contribution >= 4 is 29.8 Å². The molecular formula is C14H14O5S3. The predicted molar refractivity (Wildman–Crippen MR) is 85.7 cm³/mol. The summed E-state index contributed by atoms with van der Waals surface area (Å²) < 4.78 is 52.5. The van der Waals surface area contributed by atoms with Gasteiger partial charge in [0.25, 0.3) is 10.1 Å². The molecule has 2 aromatic rings. The van der Waals surface area contributed by atoms with Gasteiger partial charge in [0.15, 0.2) is 0 Å². The van der Waals surface area contributed by atoms with Crippen LogP contribution in [-0.4, -0.2) is 29.2 Å². The Labute approximate surface area is 133 Å². The molecule has 0 saturated heterocycles. The van der Waals surface area contributed by atoms with Crippen LogP contribution in [0.4, 0.5) is 0 Å². The van der Waals surface area contributed by atoms with E-state index in [2.05, 4.69) is 0 Å². The van der Waals surface area contributed by atoms with Gasteiger partial charge in [-0.05, 0) is 35.1 Å². The lowest BCUT2D eigenvalue weighted by atomic mass is 10.4. The second-order valence-corrected chi connectivity index (χ2v) is 9.84. The number of rotatable bonds is 7. The van der Waals surface area contributed by atoms with Gasteiger partial charge in [-0.1, -0.05) is 36.4 Å². The maximum Gasteiger partial charge on any atom is 0.296 e. The fraction of sp³-hybridized carbons (Fsp3) is 0.143. The van der Waals surface area contributed by atoms with Crippen LogP contribution in [0.25, 0.3) is 0 Å². The van der Waals surface area contributed by atoms with E-state index in [0.29, 0.717) is 10.8 Å². The molecule has 0 heterocycles. The minimum absolute atomic E-state index is 0.0172. The van der Waals surface area contributed by atoms with Crippen molar-refractivity contribution in [3.8, 4) is 0 Å². The van der Waals surface area contributed by atoms with E-state index in [9.17, 15) is 16.8 Å².